The third-order valence-corrected chi connectivity index (χ3v) is 5.37. The van der Waals surface area contributed by atoms with Crippen LogP contribution in [0.25, 0.3) is 16.9 Å². The van der Waals surface area contributed by atoms with Crippen LogP contribution >= 0.6 is 46.4 Å². The zero-order valence-electron chi connectivity index (χ0n) is 12.3. The fraction of sp³-hybridized carbons (Fsp3) is 0.118. The van der Waals surface area contributed by atoms with Crippen molar-refractivity contribution in [1.29, 1.82) is 0 Å². The molecule has 0 radical (unpaired) electrons. The molecule has 1 aliphatic heterocycles. The van der Waals surface area contributed by atoms with E-state index in [4.69, 9.17) is 51.5 Å². The van der Waals surface area contributed by atoms with Crippen molar-refractivity contribution in [2.75, 3.05) is 11.9 Å². The molecule has 2 heterocycles. The summed E-state index contributed by atoms with van der Waals surface area (Å²) < 4.78 is 1.82. The summed E-state index contributed by atoms with van der Waals surface area (Å²) in [6.45, 7) is 0.837. The third-order valence-electron chi connectivity index (χ3n) is 4.00. The molecule has 7 heteroatoms. The Hall–Kier alpha value is -1.39. The first-order chi connectivity index (χ1) is 11.6. The minimum Gasteiger partial charge on any atom is -0.369 e. The van der Waals surface area contributed by atoms with Crippen molar-refractivity contribution in [3.63, 3.8) is 0 Å². The number of benzene rings is 2. The minimum absolute atomic E-state index is 0.480. The molecule has 1 aromatic heterocycles. The van der Waals surface area contributed by atoms with Gasteiger partial charge in [-0.2, -0.15) is 5.10 Å². The van der Waals surface area contributed by atoms with E-state index < -0.39 is 0 Å². The highest BCUT2D eigenvalue weighted by molar-refractivity contribution is 6.42. The molecule has 0 atom stereocenters. The highest BCUT2D eigenvalue weighted by Gasteiger charge is 2.26. The van der Waals surface area contributed by atoms with Gasteiger partial charge in [0.25, 0.3) is 0 Å². The van der Waals surface area contributed by atoms with Crippen LogP contribution in [0.3, 0.4) is 0 Å². The summed E-state index contributed by atoms with van der Waals surface area (Å²) in [4.78, 5) is 0. The Balaban J connectivity index is 1.94. The molecule has 0 fully saturated rings. The highest BCUT2D eigenvalue weighted by atomic mass is 35.5. The first-order valence-corrected chi connectivity index (χ1v) is 8.83. The number of hydrogen-bond acceptors (Lipinski definition) is 2. The van der Waals surface area contributed by atoms with Gasteiger partial charge in [-0.3, -0.25) is 0 Å². The predicted molar refractivity (Wildman–Crippen MR) is 101 cm³/mol. The number of nitrogens with one attached hydrogen (secondary N) is 1. The SMILES string of the molecule is Clc1ccc(-n2nc(-c3c(Cl)cccc3Cl)c3c2NCC3)cc1Cl. The lowest BCUT2D eigenvalue weighted by Crippen LogP contribution is -2.04. The second kappa shape index (κ2) is 6.16. The summed E-state index contributed by atoms with van der Waals surface area (Å²) in [6, 6.07) is 10.9. The van der Waals surface area contributed by atoms with Gasteiger partial charge in [0.2, 0.25) is 0 Å². The largest absolute Gasteiger partial charge is 0.369 e. The summed E-state index contributed by atoms with van der Waals surface area (Å²) in [5.74, 6) is 0.930. The van der Waals surface area contributed by atoms with E-state index in [0.29, 0.717) is 20.1 Å². The molecule has 24 heavy (non-hydrogen) atoms. The Morgan fingerprint density at radius 2 is 1.67 bits per heavy atom. The summed E-state index contributed by atoms with van der Waals surface area (Å²) in [6.07, 6.45) is 0.855. The first-order valence-electron chi connectivity index (χ1n) is 7.32. The van der Waals surface area contributed by atoms with Crippen LogP contribution in [0.15, 0.2) is 36.4 Å². The van der Waals surface area contributed by atoms with Gasteiger partial charge in [0, 0.05) is 17.7 Å². The van der Waals surface area contributed by atoms with Crippen LogP contribution in [0, 0.1) is 0 Å². The molecule has 3 nitrogen and oxygen atoms in total. The fourth-order valence-electron chi connectivity index (χ4n) is 2.90. The average molecular weight is 399 g/mol. The predicted octanol–water partition coefficient (Wildman–Crippen LogP) is 6.12. The molecule has 122 valence electrons. The maximum Gasteiger partial charge on any atom is 0.133 e. The number of halogens is 4. The van der Waals surface area contributed by atoms with Gasteiger partial charge in [0.05, 0.1) is 25.8 Å². The summed E-state index contributed by atoms with van der Waals surface area (Å²) in [5, 5.41) is 10.3. The van der Waals surface area contributed by atoms with Crippen molar-refractivity contribution in [3.05, 3.63) is 62.1 Å². The fourth-order valence-corrected chi connectivity index (χ4v) is 3.77. The molecule has 0 amide bonds. The Morgan fingerprint density at radius 3 is 2.38 bits per heavy atom. The Morgan fingerprint density at radius 1 is 0.917 bits per heavy atom. The molecule has 0 spiro atoms. The van der Waals surface area contributed by atoms with Gasteiger partial charge in [-0.25, -0.2) is 4.68 Å². The lowest BCUT2D eigenvalue weighted by molar-refractivity contribution is 0.882. The van der Waals surface area contributed by atoms with Crippen molar-refractivity contribution in [1.82, 2.24) is 9.78 Å². The van der Waals surface area contributed by atoms with E-state index >= 15 is 0 Å². The van der Waals surface area contributed by atoms with E-state index in [1.165, 1.54) is 0 Å². The molecule has 1 N–H and O–H groups in total. The number of aromatic nitrogens is 2. The number of fused-ring (bicyclic) bond motifs is 1. The van der Waals surface area contributed by atoms with Crippen LogP contribution in [0.4, 0.5) is 5.82 Å². The van der Waals surface area contributed by atoms with Crippen molar-refractivity contribution >= 4 is 52.2 Å². The van der Waals surface area contributed by atoms with Crippen LogP contribution in [0.5, 0.6) is 0 Å². The normalized spacial score (nSPS) is 13.0. The molecule has 0 unspecified atom stereocenters. The third kappa shape index (κ3) is 2.56. The zero-order valence-corrected chi connectivity index (χ0v) is 15.3. The molecule has 2 aromatic carbocycles. The highest BCUT2D eigenvalue weighted by Crippen LogP contribution is 2.41. The summed E-state index contributed by atoms with van der Waals surface area (Å²) >= 11 is 24.9. The number of hydrogen-bond donors (Lipinski definition) is 1. The Kier molecular flexibility index (Phi) is 4.13. The van der Waals surface area contributed by atoms with Crippen LogP contribution in [-0.2, 0) is 6.42 Å². The van der Waals surface area contributed by atoms with E-state index in [1.54, 1.807) is 12.1 Å². The van der Waals surface area contributed by atoms with Gasteiger partial charge >= 0.3 is 0 Å². The standard InChI is InChI=1S/C17H11Cl4N3/c18-11-5-4-9(8-14(11)21)24-17-10(6-7-22-17)16(23-24)15-12(19)2-1-3-13(15)20/h1-5,8,22H,6-7H2. The minimum atomic E-state index is 0.480. The molecule has 0 saturated heterocycles. The van der Waals surface area contributed by atoms with Crippen LogP contribution < -0.4 is 5.32 Å². The van der Waals surface area contributed by atoms with Gasteiger partial charge < -0.3 is 5.32 Å². The molecular weight excluding hydrogens is 388 g/mol. The quantitative estimate of drug-likeness (QED) is 0.563. The van der Waals surface area contributed by atoms with E-state index in [2.05, 4.69) is 5.32 Å². The van der Waals surface area contributed by atoms with Crippen LogP contribution in [0.1, 0.15) is 5.56 Å². The summed E-state index contributed by atoms with van der Waals surface area (Å²) in [5.41, 5.74) is 3.46. The smallest absolute Gasteiger partial charge is 0.133 e. The van der Waals surface area contributed by atoms with Gasteiger partial charge in [-0.05, 0) is 36.8 Å². The Labute approximate surface area is 159 Å². The van der Waals surface area contributed by atoms with Crippen molar-refractivity contribution in [2.45, 2.75) is 6.42 Å². The van der Waals surface area contributed by atoms with Gasteiger partial charge in [-0.1, -0.05) is 52.5 Å². The zero-order chi connectivity index (χ0) is 16.8. The van der Waals surface area contributed by atoms with Gasteiger partial charge in [0.1, 0.15) is 11.5 Å². The molecule has 0 bridgehead atoms. The lowest BCUT2D eigenvalue weighted by Gasteiger charge is -2.08. The molecule has 3 aromatic rings. The maximum atomic E-state index is 6.37. The molecule has 0 aliphatic carbocycles. The lowest BCUT2D eigenvalue weighted by atomic mass is 10.1. The molecule has 0 saturated carbocycles. The number of rotatable bonds is 2. The summed E-state index contributed by atoms with van der Waals surface area (Å²) in [7, 11) is 0. The maximum absolute atomic E-state index is 6.37. The van der Waals surface area contributed by atoms with Gasteiger partial charge in [-0.15, -0.1) is 0 Å². The van der Waals surface area contributed by atoms with Crippen molar-refractivity contribution in [2.24, 2.45) is 0 Å². The van der Waals surface area contributed by atoms with E-state index in [0.717, 1.165) is 41.3 Å². The molecular formula is C17H11Cl4N3. The van der Waals surface area contributed by atoms with Crippen molar-refractivity contribution in [3.8, 4) is 16.9 Å². The molecule has 1 aliphatic rings. The number of anilines is 1. The van der Waals surface area contributed by atoms with E-state index in [1.807, 2.05) is 28.9 Å². The Bertz CT molecular complexity index is 929. The second-order valence-corrected chi connectivity index (χ2v) is 7.09. The monoisotopic (exact) mass is 397 g/mol. The van der Waals surface area contributed by atoms with Gasteiger partial charge in [0.15, 0.2) is 0 Å². The first kappa shape index (κ1) is 16.1. The average Bonchev–Trinajstić information content (AvgIpc) is 3.13. The number of nitrogens with zero attached hydrogens (tertiary/aromatic N) is 2. The van der Waals surface area contributed by atoms with E-state index in [9.17, 15) is 0 Å². The van der Waals surface area contributed by atoms with Crippen molar-refractivity contribution < 1.29 is 0 Å². The van der Waals surface area contributed by atoms with Crippen LogP contribution in [-0.4, -0.2) is 16.3 Å². The van der Waals surface area contributed by atoms with E-state index in [-0.39, 0.29) is 0 Å². The van der Waals surface area contributed by atoms with Crippen LogP contribution in [0.2, 0.25) is 20.1 Å². The second-order valence-electron chi connectivity index (χ2n) is 5.46. The molecule has 4 rings (SSSR count). The topological polar surface area (TPSA) is 29.9 Å².